The van der Waals surface area contributed by atoms with Crippen LogP contribution in [-0.2, 0) is 14.8 Å². The third-order valence-corrected chi connectivity index (χ3v) is 8.09. The molecule has 7 heteroatoms. The van der Waals surface area contributed by atoms with Crippen molar-refractivity contribution in [3.63, 3.8) is 0 Å². The average molecular weight is 417 g/mol. The molecular weight excluding hydrogens is 386 g/mol. The first-order valence-corrected chi connectivity index (χ1v) is 12.0. The molecule has 2 aromatic carbocycles. The van der Waals surface area contributed by atoms with Gasteiger partial charge in [-0.1, -0.05) is 37.3 Å². The van der Waals surface area contributed by atoms with Crippen molar-refractivity contribution in [2.75, 3.05) is 45.8 Å². The topological polar surface area (TPSA) is 62.1 Å². The van der Waals surface area contributed by atoms with Crippen molar-refractivity contribution in [2.24, 2.45) is 5.92 Å². The molecule has 0 bridgehead atoms. The largest absolute Gasteiger partial charge is 0.338 e. The maximum atomic E-state index is 13.1. The molecule has 0 unspecified atom stereocenters. The van der Waals surface area contributed by atoms with Crippen LogP contribution in [0.5, 0.6) is 0 Å². The summed E-state index contributed by atoms with van der Waals surface area (Å²) < 4.78 is 27.7. The zero-order valence-electron chi connectivity index (χ0n) is 17.0. The number of piperazine rings is 1. The number of carbonyl (C=O) groups is 1. The van der Waals surface area contributed by atoms with E-state index in [-0.39, 0.29) is 5.91 Å². The van der Waals surface area contributed by atoms with Crippen molar-refractivity contribution < 1.29 is 18.1 Å². The van der Waals surface area contributed by atoms with E-state index in [9.17, 15) is 13.2 Å². The van der Waals surface area contributed by atoms with Crippen LogP contribution in [0.25, 0.3) is 10.8 Å². The Kier molecular flexibility index (Phi) is 5.90. The van der Waals surface area contributed by atoms with E-state index in [2.05, 4.69) is 6.92 Å². The molecule has 4 rings (SSSR count). The number of benzene rings is 2. The summed E-state index contributed by atoms with van der Waals surface area (Å²) in [5, 5.41) is 1.96. The van der Waals surface area contributed by atoms with E-state index in [0.717, 1.165) is 30.3 Å². The van der Waals surface area contributed by atoms with E-state index in [4.69, 9.17) is 0 Å². The van der Waals surface area contributed by atoms with Gasteiger partial charge in [0.25, 0.3) is 5.91 Å². The minimum atomic E-state index is -3.51. The molecule has 2 heterocycles. The first-order valence-electron chi connectivity index (χ1n) is 10.5. The van der Waals surface area contributed by atoms with E-state index in [1.807, 2.05) is 35.2 Å². The predicted molar refractivity (Wildman–Crippen MR) is 113 cm³/mol. The van der Waals surface area contributed by atoms with E-state index < -0.39 is 10.0 Å². The molecule has 2 fully saturated rings. The lowest BCUT2D eigenvalue weighted by atomic mass is 10.0. The average Bonchev–Trinajstić information content (AvgIpc) is 2.74. The van der Waals surface area contributed by atoms with Gasteiger partial charge in [-0.25, -0.2) is 8.42 Å². The molecule has 0 aromatic heterocycles. The fourth-order valence-electron chi connectivity index (χ4n) is 4.44. The van der Waals surface area contributed by atoms with Gasteiger partial charge in [-0.2, -0.15) is 4.31 Å². The van der Waals surface area contributed by atoms with Crippen LogP contribution >= 0.6 is 0 Å². The Bertz CT molecular complexity index is 984. The van der Waals surface area contributed by atoms with Gasteiger partial charge in [0, 0.05) is 13.1 Å². The van der Waals surface area contributed by atoms with Crippen molar-refractivity contribution in [1.82, 2.24) is 9.21 Å². The SMILES string of the molecule is C[C@H]1CCCN(C(=O)C[NH+]2CCN(S(=O)(=O)c3ccc4ccccc4c3)CC2)C1. The molecule has 2 aromatic rings. The second-order valence-electron chi connectivity index (χ2n) is 8.43. The zero-order valence-corrected chi connectivity index (χ0v) is 17.8. The normalized spacial score (nSPS) is 22.1. The fourth-order valence-corrected chi connectivity index (χ4v) is 5.92. The Balaban J connectivity index is 1.37. The monoisotopic (exact) mass is 416 g/mol. The molecular formula is C22H30N3O3S+. The van der Waals surface area contributed by atoms with Gasteiger partial charge >= 0.3 is 0 Å². The molecule has 1 amide bonds. The first kappa shape index (κ1) is 20.3. The molecule has 0 spiro atoms. The lowest BCUT2D eigenvalue weighted by molar-refractivity contribution is -0.896. The number of nitrogens with one attached hydrogen (secondary N) is 1. The van der Waals surface area contributed by atoms with Crippen LogP contribution in [-0.4, -0.2) is 69.3 Å². The number of nitrogens with zero attached hydrogens (tertiary/aromatic N) is 2. The molecule has 2 aliphatic rings. The van der Waals surface area contributed by atoms with Gasteiger partial charge in [-0.3, -0.25) is 4.79 Å². The summed E-state index contributed by atoms with van der Waals surface area (Å²) in [7, 11) is -3.51. The van der Waals surface area contributed by atoms with Crippen molar-refractivity contribution in [2.45, 2.75) is 24.7 Å². The number of likely N-dealkylation sites (tertiary alicyclic amines) is 1. The molecule has 0 radical (unpaired) electrons. The second kappa shape index (κ2) is 8.42. The summed E-state index contributed by atoms with van der Waals surface area (Å²) in [4.78, 5) is 16.1. The first-order chi connectivity index (χ1) is 13.9. The highest BCUT2D eigenvalue weighted by atomic mass is 32.2. The van der Waals surface area contributed by atoms with Gasteiger partial charge in [-0.05, 0) is 41.7 Å². The van der Waals surface area contributed by atoms with Crippen LogP contribution in [0, 0.1) is 5.92 Å². The summed E-state index contributed by atoms with van der Waals surface area (Å²) in [6.45, 7) is 6.62. The Morgan fingerprint density at radius 3 is 2.52 bits per heavy atom. The molecule has 29 heavy (non-hydrogen) atoms. The van der Waals surface area contributed by atoms with Crippen molar-refractivity contribution in [1.29, 1.82) is 0 Å². The molecule has 1 atom stereocenters. The Morgan fingerprint density at radius 1 is 1.07 bits per heavy atom. The van der Waals surface area contributed by atoms with Gasteiger partial charge in [0.1, 0.15) is 0 Å². The zero-order chi connectivity index (χ0) is 20.4. The summed E-state index contributed by atoms with van der Waals surface area (Å²) in [5.41, 5.74) is 0. The van der Waals surface area contributed by atoms with Gasteiger partial charge in [0.2, 0.25) is 10.0 Å². The van der Waals surface area contributed by atoms with Crippen molar-refractivity contribution in [3.05, 3.63) is 42.5 Å². The minimum absolute atomic E-state index is 0.206. The highest BCUT2D eigenvalue weighted by molar-refractivity contribution is 7.89. The van der Waals surface area contributed by atoms with Crippen LogP contribution in [0.2, 0.25) is 0 Å². The highest BCUT2D eigenvalue weighted by Gasteiger charge is 2.32. The van der Waals surface area contributed by atoms with E-state index in [0.29, 0.717) is 43.5 Å². The maximum Gasteiger partial charge on any atom is 0.277 e. The number of sulfonamides is 1. The van der Waals surface area contributed by atoms with Gasteiger partial charge < -0.3 is 9.80 Å². The smallest absolute Gasteiger partial charge is 0.277 e. The number of piperidine rings is 1. The Hall–Kier alpha value is -1.96. The van der Waals surface area contributed by atoms with E-state index in [1.165, 1.54) is 11.3 Å². The summed E-state index contributed by atoms with van der Waals surface area (Å²) in [6.07, 6.45) is 2.28. The van der Waals surface area contributed by atoms with Crippen LogP contribution in [0.4, 0.5) is 0 Å². The molecule has 156 valence electrons. The van der Waals surface area contributed by atoms with Gasteiger partial charge in [0.15, 0.2) is 6.54 Å². The molecule has 6 nitrogen and oxygen atoms in total. The molecule has 0 saturated carbocycles. The van der Waals surface area contributed by atoms with Crippen molar-refractivity contribution in [3.8, 4) is 0 Å². The highest BCUT2D eigenvalue weighted by Crippen LogP contribution is 2.22. The standard InChI is InChI=1S/C22H29N3O3S/c1-18-5-4-10-24(16-18)22(26)17-23-11-13-25(14-12-23)29(27,28)21-9-8-19-6-2-3-7-20(19)15-21/h2-3,6-9,15,18H,4-5,10-14,16-17H2,1H3/p+1/t18-/m0/s1. The third-order valence-electron chi connectivity index (χ3n) is 6.20. The summed E-state index contributed by atoms with van der Waals surface area (Å²) >= 11 is 0. The van der Waals surface area contributed by atoms with Crippen molar-refractivity contribution >= 4 is 26.7 Å². The second-order valence-corrected chi connectivity index (χ2v) is 10.4. The fraction of sp³-hybridized carbons (Fsp3) is 0.500. The van der Waals surface area contributed by atoms with E-state index in [1.54, 1.807) is 16.4 Å². The number of amides is 1. The number of hydrogen-bond donors (Lipinski definition) is 1. The predicted octanol–water partition coefficient (Wildman–Crippen LogP) is 0.988. The molecule has 2 saturated heterocycles. The lowest BCUT2D eigenvalue weighted by Gasteiger charge is -2.34. The van der Waals surface area contributed by atoms with E-state index >= 15 is 0 Å². The third kappa shape index (κ3) is 4.47. The number of hydrogen-bond acceptors (Lipinski definition) is 3. The van der Waals surface area contributed by atoms with Crippen LogP contribution in [0.3, 0.4) is 0 Å². The Morgan fingerprint density at radius 2 is 1.79 bits per heavy atom. The molecule has 1 N–H and O–H groups in total. The molecule has 0 aliphatic carbocycles. The number of rotatable bonds is 4. The molecule has 2 aliphatic heterocycles. The summed E-state index contributed by atoms with van der Waals surface area (Å²) in [6, 6.07) is 13.1. The van der Waals surface area contributed by atoms with Crippen LogP contribution in [0.15, 0.2) is 47.4 Å². The van der Waals surface area contributed by atoms with Gasteiger partial charge in [0.05, 0.1) is 31.1 Å². The Labute approximate surface area is 173 Å². The van der Waals surface area contributed by atoms with Crippen LogP contribution in [0.1, 0.15) is 19.8 Å². The number of quaternary nitrogens is 1. The van der Waals surface area contributed by atoms with Gasteiger partial charge in [-0.15, -0.1) is 0 Å². The number of fused-ring (bicyclic) bond motifs is 1. The van der Waals surface area contributed by atoms with Crippen LogP contribution < -0.4 is 4.90 Å². The summed E-state index contributed by atoms with van der Waals surface area (Å²) in [5.74, 6) is 0.782. The quantitative estimate of drug-likeness (QED) is 0.809. The number of carbonyl (C=O) groups excluding carboxylic acids is 1. The lowest BCUT2D eigenvalue weighted by Crippen LogP contribution is -3.15. The maximum absolute atomic E-state index is 13.1. The minimum Gasteiger partial charge on any atom is -0.338 e.